The Kier molecular flexibility index (Phi) is 5.71. The number of allylic oxidation sites excluding steroid dienone is 5. The summed E-state index contributed by atoms with van der Waals surface area (Å²) in [5, 5.41) is 11.9. The Balaban J connectivity index is 1.38. The molecule has 0 unspecified atom stereocenters. The Labute approximate surface area is 245 Å². The van der Waals surface area contributed by atoms with Crippen molar-refractivity contribution in [3.05, 3.63) is 132 Å². The van der Waals surface area contributed by atoms with Crippen molar-refractivity contribution in [1.29, 1.82) is 5.41 Å². The third-order valence-corrected chi connectivity index (χ3v) is 8.91. The van der Waals surface area contributed by atoms with Gasteiger partial charge in [-0.25, -0.2) is 0 Å². The minimum Gasteiger partial charge on any atom is -0.311 e. The van der Waals surface area contributed by atoms with E-state index in [1.807, 2.05) is 6.08 Å². The van der Waals surface area contributed by atoms with Gasteiger partial charge in [0, 0.05) is 39.3 Å². The summed E-state index contributed by atoms with van der Waals surface area (Å²) in [5.41, 5.74) is 13.3. The number of rotatable bonds is 5. The van der Waals surface area contributed by atoms with E-state index in [4.69, 9.17) is 5.41 Å². The fraction of sp³-hybridized carbons (Fsp3) is 0.103. The van der Waals surface area contributed by atoms with Crippen molar-refractivity contribution in [3.8, 4) is 16.8 Å². The molecule has 6 aromatic rings. The first-order valence-corrected chi connectivity index (χ1v) is 14.8. The lowest BCUT2D eigenvalue weighted by atomic mass is 9.93. The van der Waals surface area contributed by atoms with Crippen LogP contribution in [0, 0.1) is 5.41 Å². The van der Waals surface area contributed by atoms with Crippen LogP contribution in [0.1, 0.15) is 35.2 Å². The van der Waals surface area contributed by atoms with Crippen LogP contribution >= 0.6 is 0 Å². The van der Waals surface area contributed by atoms with Crippen LogP contribution in [0.2, 0.25) is 0 Å². The monoisotopic (exact) mass is 541 g/mol. The highest BCUT2D eigenvalue weighted by atomic mass is 15.0. The summed E-state index contributed by atoms with van der Waals surface area (Å²) in [6, 6.07) is 29.1. The predicted octanol–water partition coefficient (Wildman–Crippen LogP) is 10.0. The number of para-hydroxylation sites is 1. The zero-order valence-electron chi connectivity index (χ0n) is 23.5. The first kappa shape index (κ1) is 24.6. The molecule has 0 saturated heterocycles. The molecular formula is C39H31N3. The van der Waals surface area contributed by atoms with Gasteiger partial charge in [-0.3, -0.25) is 0 Å². The van der Waals surface area contributed by atoms with Crippen LogP contribution in [0.5, 0.6) is 0 Å². The number of benzene rings is 4. The molecule has 0 bridgehead atoms. The second kappa shape index (κ2) is 9.74. The molecule has 0 radical (unpaired) electrons. The number of aryl methyl sites for hydroxylation is 1. The summed E-state index contributed by atoms with van der Waals surface area (Å²) in [6.07, 6.45) is 18.4. The highest BCUT2D eigenvalue weighted by molar-refractivity contribution is 6.14. The van der Waals surface area contributed by atoms with Gasteiger partial charge < -0.3 is 14.5 Å². The lowest BCUT2D eigenvalue weighted by Crippen LogP contribution is -2.05. The Hall–Kier alpha value is -5.15. The van der Waals surface area contributed by atoms with Crippen molar-refractivity contribution in [2.45, 2.75) is 25.7 Å². The maximum absolute atomic E-state index is 8.09. The molecule has 2 heterocycles. The van der Waals surface area contributed by atoms with Gasteiger partial charge in [0.25, 0.3) is 0 Å². The van der Waals surface area contributed by atoms with Crippen LogP contribution in [0.3, 0.4) is 0 Å². The molecule has 8 rings (SSSR count). The van der Waals surface area contributed by atoms with Crippen LogP contribution in [-0.4, -0.2) is 15.3 Å². The molecule has 2 aliphatic rings. The van der Waals surface area contributed by atoms with Crippen molar-refractivity contribution in [3.63, 3.8) is 0 Å². The van der Waals surface area contributed by atoms with E-state index >= 15 is 0 Å². The summed E-state index contributed by atoms with van der Waals surface area (Å²) < 4.78 is 4.66. The summed E-state index contributed by atoms with van der Waals surface area (Å²) in [7, 11) is 0. The first-order valence-electron chi connectivity index (χ1n) is 14.8. The number of aromatic nitrogens is 2. The number of nitrogens with one attached hydrogen (secondary N) is 1. The summed E-state index contributed by atoms with van der Waals surface area (Å²) in [6.45, 7) is 3.88. The fourth-order valence-electron chi connectivity index (χ4n) is 7.07. The first-order chi connectivity index (χ1) is 20.8. The third-order valence-electron chi connectivity index (χ3n) is 8.91. The molecule has 3 heteroatoms. The van der Waals surface area contributed by atoms with E-state index in [0.29, 0.717) is 0 Å². The topological polar surface area (TPSA) is 33.7 Å². The van der Waals surface area contributed by atoms with Crippen molar-refractivity contribution < 1.29 is 0 Å². The summed E-state index contributed by atoms with van der Waals surface area (Å²) in [4.78, 5) is 0. The van der Waals surface area contributed by atoms with Gasteiger partial charge in [-0.15, -0.1) is 0 Å². The van der Waals surface area contributed by atoms with E-state index in [1.54, 1.807) is 6.08 Å². The zero-order valence-corrected chi connectivity index (χ0v) is 23.5. The minimum absolute atomic E-state index is 0.838. The molecule has 3 nitrogen and oxygen atoms in total. The molecule has 2 aromatic heterocycles. The average Bonchev–Trinajstić information content (AvgIpc) is 3.56. The average molecular weight is 542 g/mol. The Morgan fingerprint density at radius 3 is 2.33 bits per heavy atom. The highest BCUT2D eigenvalue weighted by Crippen LogP contribution is 2.41. The lowest BCUT2D eigenvalue weighted by Gasteiger charge is -2.13. The molecule has 0 amide bonds. The van der Waals surface area contributed by atoms with Gasteiger partial charge in [0.1, 0.15) is 0 Å². The van der Waals surface area contributed by atoms with Gasteiger partial charge in [-0.05, 0) is 90.4 Å². The Morgan fingerprint density at radius 2 is 1.50 bits per heavy atom. The van der Waals surface area contributed by atoms with E-state index in [2.05, 4.69) is 119 Å². The molecule has 1 N–H and O–H groups in total. The molecule has 42 heavy (non-hydrogen) atoms. The Morgan fingerprint density at radius 1 is 0.738 bits per heavy atom. The van der Waals surface area contributed by atoms with E-state index in [1.165, 1.54) is 72.6 Å². The minimum atomic E-state index is 0.838. The predicted molar refractivity (Wildman–Crippen MR) is 180 cm³/mol. The number of nitrogens with zero attached hydrogens (tertiary/aromatic N) is 2. The number of hydrogen-bond acceptors (Lipinski definition) is 1. The summed E-state index contributed by atoms with van der Waals surface area (Å²) >= 11 is 0. The smallest absolute Gasteiger partial charge is 0.0634 e. The van der Waals surface area contributed by atoms with Gasteiger partial charge in [-0.2, -0.15) is 0 Å². The van der Waals surface area contributed by atoms with Gasteiger partial charge in [0.2, 0.25) is 0 Å². The van der Waals surface area contributed by atoms with Crippen molar-refractivity contribution in [1.82, 2.24) is 9.13 Å². The largest absolute Gasteiger partial charge is 0.311 e. The van der Waals surface area contributed by atoms with Crippen LogP contribution in [0.25, 0.3) is 67.4 Å². The highest BCUT2D eigenvalue weighted by Gasteiger charge is 2.21. The molecule has 0 saturated carbocycles. The van der Waals surface area contributed by atoms with Crippen LogP contribution < -0.4 is 0 Å². The zero-order chi connectivity index (χ0) is 28.2. The molecular weight excluding hydrogens is 510 g/mol. The van der Waals surface area contributed by atoms with Crippen molar-refractivity contribution >= 4 is 56.8 Å². The van der Waals surface area contributed by atoms with E-state index in [0.717, 1.165) is 36.9 Å². The van der Waals surface area contributed by atoms with Gasteiger partial charge in [0.15, 0.2) is 0 Å². The van der Waals surface area contributed by atoms with Crippen LogP contribution in [0.15, 0.2) is 110 Å². The SMILES string of the molecule is C=C/C=C(\C=N)n1c2c(c3cc(-c4ccc5c6c7c(ccc6n(-c6ccccc6)c5c4)CCC=C7)ccc31)C=CCC2. The maximum atomic E-state index is 8.09. The molecule has 0 fully saturated rings. The van der Waals surface area contributed by atoms with Crippen molar-refractivity contribution in [2.75, 3.05) is 0 Å². The maximum Gasteiger partial charge on any atom is 0.0634 e. The quantitative estimate of drug-likeness (QED) is 0.166. The third kappa shape index (κ3) is 3.63. The van der Waals surface area contributed by atoms with E-state index in [-0.39, 0.29) is 0 Å². The molecule has 4 aromatic carbocycles. The lowest BCUT2D eigenvalue weighted by molar-refractivity contribution is 0.904. The second-order valence-electron chi connectivity index (χ2n) is 11.2. The van der Waals surface area contributed by atoms with E-state index < -0.39 is 0 Å². The second-order valence-corrected chi connectivity index (χ2v) is 11.2. The normalized spacial score (nSPS) is 14.4. The fourth-order valence-corrected chi connectivity index (χ4v) is 7.07. The Bertz CT molecular complexity index is 2160. The van der Waals surface area contributed by atoms with E-state index in [9.17, 15) is 0 Å². The van der Waals surface area contributed by atoms with Crippen LogP contribution in [0.4, 0.5) is 0 Å². The molecule has 202 valence electrons. The molecule has 0 atom stereocenters. The molecule has 0 aliphatic heterocycles. The number of hydrogen-bond donors (Lipinski definition) is 1. The van der Waals surface area contributed by atoms with Crippen LogP contribution in [-0.2, 0) is 12.8 Å². The van der Waals surface area contributed by atoms with Gasteiger partial charge in [-0.1, -0.05) is 79.4 Å². The number of fused-ring (bicyclic) bond motifs is 8. The molecule has 2 aliphatic carbocycles. The van der Waals surface area contributed by atoms with Gasteiger partial charge >= 0.3 is 0 Å². The van der Waals surface area contributed by atoms with Crippen molar-refractivity contribution in [2.24, 2.45) is 0 Å². The summed E-state index contributed by atoms with van der Waals surface area (Å²) in [5.74, 6) is 0. The van der Waals surface area contributed by atoms with Gasteiger partial charge in [0.05, 0.1) is 22.2 Å². The standard InChI is InChI=1S/C39H31N3/c1-2-10-30(25-40)42-35-16-9-8-15-32(35)34-23-27(19-21-36(34)42)28-17-20-33-38(24-28)41(29-12-4-3-5-13-29)37-22-18-26-11-6-7-14-31(26)39(33)37/h2-5,7-8,10,12-15,17-25,40H,1,6,9,11,16H2/b30-10+,40-25?. The molecule has 0 spiro atoms.